The van der Waals surface area contributed by atoms with E-state index < -0.39 is 0 Å². The molecule has 0 unspecified atom stereocenters. The molecule has 1 heteroatoms. The molecule has 0 heterocycles. The first-order valence-corrected chi connectivity index (χ1v) is 18.8. The van der Waals surface area contributed by atoms with Crippen LogP contribution in [0.1, 0.15) is 25.0 Å². The van der Waals surface area contributed by atoms with Crippen molar-refractivity contribution in [1.29, 1.82) is 0 Å². The molecule has 0 bridgehead atoms. The van der Waals surface area contributed by atoms with Crippen LogP contribution in [0.2, 0.25) is 0 Å². The summed E-state index contributed by atoms with van der Waals surface area (Å²) in [5.41, 5.74) is 16.0. The molecule has 0 fully saturated rings. The third-order valence-corrected chi connectivity index (χ3v) is 11.4. The number of nitrogens with zero attached hydrogens (tertiary/aromatic N) is 1. The van der Waals surface area contributed by atoms with Crippen molar-refractivity contribution in [2.45, 2.75) is 19.3 Å². The molecule has 1 nitrogen and oxygen atoms in total. The van der Waals surface area contributed by atoms with Crippen LogP contribution in [0.25, 0.3) is 66.1 Å². The highest BCUT2D eigenvalue weighted by molar-refractivity contribution is 6.01. The van der Waals surface area contributed by atoms with Gasteiger partial charge in [0, 0.05) is 22.5 Å². The molecule has 0 amide bonds. The predicted octanol–water partition coefficient (Wildman–Crippen LogP) is 14.8. The second-order valence-corrected chi connectivity index (χ2v) is 15.0. The van der Waals surface area contributed by atoms with Gasteiger partial charge in [0.05, 0.1) is 0 Å². The standard InChI is InChI=1S/C53H39N/c1-53(2)50-26-14-25-47(37-16-5-3-6-17-37)52(50)48-30-29-45(35-51(48)53)54(44-28-27-36-15-9-10-20-39(36)32-44)43-23-13-22-40(33-43)42-31-41-21-11-12-24-46(41)49(34-42)38-18-7-4-8-19-38/h3-35H,1-2H3. The summed E-state index contributed by atoms with van der Waals surface area (Å²) >= 11 is 0. The van der Waals surface area contributed by atoms with E-state index in [-0.39, 0.29) is 5.41 Å². The van der Waals surface area contributed by atoms with Crippen LogP contribution in [0, 0.1) is 0 Å². The Kier molecular flexibility index (Phi) is 7.56. The molecule has 1 aliphatic carbocycles. The maximum absolute atomic E-state index is 2.44. The lowest BCUT2D eigenvalue weighted by molar-refractivity contribution is 0.660. The maximum atomic E-state index is 2.44. The third-order valence-electron chi connectivity index (χ3n) is 11.4. The Labute approximate surface area is 317 Å². The summed E-state index contributed by atoms with van der Waals surface area (Å²) in [7, 11) is 0. The lowest BCUT2D eigenvalue weighted by Crippen LogP contribution is -2.16. The zero-order valence-electron chi connectivity index (χ0n) is 30.5. The van der Waals surface area contributed by atoms with Gasteiger partial charge in [0.25, 0.3) is 0 Å². The molecular weight excluding hydrogens is 651 g/mol. The molecule has 0 saturated carbocycles. The zero-order chi connectivity index (χ0) is 36.2. The molecular formula is C53H39N. The normalized spacial score (nSPS) is 12.8. The van der Waals surface area contributed by atoms with Gasteiger partial charge in [0.1, 0.15) is 0 Å². The van der Waals surface area contributed by atoms with Gasteiger partial charge in [-0.1, -0.05) is 166 Å². The molecule has 0 saturated heterocycles. The van der Waals surface area contributed by atoms with Crippen molar-refractivity contribution in [2.24, 2.45) is 0 Å². The van der Waals surface area contributed by atoms with Gasteiger partial charge in [-0.15, -0.1) is 0 Å². The highest BCUT2D eigenvalue weighted by Gasteiger charge is 2.37. The van der Waals surface area contributed by atoms with E-state index in [0.717, 1.165) is 17.1 Å². The minimum Gasteiger partial charge on any atom is -0.310 e. The number of benzene rings is 9. The first kappa shape index (κ1) is 32.0. The van der Waals surface area contributed by atoms with Crippen molar-refractivity contribution in [1.82, 2.24) is 0 Å². The van der Waals surface area contributed by atoms with E-state index in [4.69, 9.17) is 0 Å². The molecule has 0 aromatic heterocycles. The Balaban J connectivity index is 1.15. The molecule has 54 heavy (non-hydrogen) atoms. The monoisotopic (exact) mass is 689 g/mol. The summed E-state index contributed by atoms with van der Waals surface area (Å²) in [6, 6.07) is 73.4. The van der Waals surface area contributed by atoms with Gasteiger partial charge in [-0.2, -0.15) is 0 Å². The number of hydrogen-bond donors (Lipinski definition) is 0. The Morgan fingerprint density at radius 3 is 1.74 bits per heavy atom. The SMILES string of the molecule is CC1(C)c2cc(N(c3cccc(-c4cc(-c5ccccc5)c5ccccc5c4)c3)c3ccc4ccccc4c3)ccc2-c2c(-c3ccccc3)cccc21. The fourth-order valence-electron chi connectivity index (χ4n) is 8.69. The van der Waals surface area contributed by atoms with Crippen molar-refractivity contribution in [3.63, 3.8) is 0 Å². The first-order valence-electron chi connectivity index (χ1n) is 18.8. The number of rotatable bonds is 6. The van der Waals surface area contributed by atoms with E-state index in [9.17, 15) is 0 Å². The summed E-state index contributed by atoms with van der Waals surface area (Å²) in [5, 5.41) is 4.96. The Morgan fingerprint density at radius 1 is 0.333 bits per heavy atom. The van der Waals surface area contributed by atoms with E-state index in [1.807, 2.05) is 0 Å². The second kappa shape index (κ2) is 12.8. The Bertz CT molecular complexity index is 2850. The van der Waals surface area contributed by atoms with Crippen molar-refractivity contribution in [2.75, 3.05) is 4.90 Å². The maximum Gasteiger partial charge on any atom is 0.0468 e. The largest absolute Gasteiger partial charge is 0.310 e. The van der Waals surface area contributed by atoms with Gasteiger partial charge >= 0.3 is 0 Å². The molecule has 9 aromatic carbocycles. The van der Waals surface area contributed by atoms with Crippen molar-refractivity contribution >= 4 is 38.6 Å². The van der Waals surface area contributed by atoms with Gasteiger partial charge in [-0.25, -0.2) is 0 Å². The lowest BCUT2D eigenvalue weighted by Gasteiger charge is -2.28. The van der Waals surface area contributed by atoms with E-state index in [1.54, 1.807) is 0 Å². The fourth-order valence-corrected chi connectivity index (χ4v) is 8.69. The van der Waals surface area contributed by atoms with E-state index in [1.165, 1.54) is 77.2 Å². The van der Waals surface area contributed by atoms with E-state index in [0.29, 0.717) is 0 Å². The van der Waals surface area contributed by atoms with Gasteiger partial charge in [0.2, 0.25) is 0 Å². The molecule has 0 aliphatic heterocycles. The summed E-state index contributed by atoms with van der Waals surface area (Å²) < 4.78 is 0. The number of anilines is 3. The average Bonchev–Trinajstić information content (AvgIpc) is 3.46. The van der Waals surface area contributed by atoms with E-state index in [2.05, 4.69) is 219 Å². The molecule has 256 valence electrons. The first-order chi connectivity index (χ1) is 26.5. The molecule has 0 atom stereocenters. The van der Waals surface area contributed by atoms with Crippen LogP contribution in [0.3, 0.4) is 0 Å². The van der Waals surface area contributed by atoms with Crippen LogP contribution >= 0.6 is 0 Å². The lowest BCUT2D eigenvalue weighted by atomic mass is 9.81. The molecule has 10 rings (SSSR count). The molecule has 1 aliphatic rings. The minimum atomic E-state index is -0.165. The van der Waals surface area contributed by atoms with Crippen molar-refractivity contribution in [3.05, 3.63) is 211 Å². The zero-order valence-corrected chi connectivity index (χ0v) is 30.5. The average molecular weight is 690 g/mol. The van der Waals surface area contributed by atoms with Crippen LogP contribution in [0.5, 0.6) is 0 Å². The fraction of sp³-hybridized carbons (Fsp3) is 0.0566. The van der Waals surface area contributed by atoms with Crippen LogP contribution in [0.15, 0.2) is 200 Å². The van der Waals surface area contributed by atoms with Crippen molar-refractivity contribution < 1.29 is 0 Å². The summed E-state index contributed by atoms with van der Waals surface area (Å²) in [5.74, 6) is 0. The van der Waals surface area contributed by atoms with Crippen LogP contribution in [0.4, 0.5) is 17.1 Å². The van der Waals surface area contributed by atoms with Crippen LogP contribution in [-0.2, 0) is 5.41 Å². The Morgan fingerprint density at radius 2 is 0.944 bits per heavy atom. The van der Waals surface area contributed by atoms with Gasteiger partial charge < -0.3 is 4.90 Å². The molecule has 0 N–H and O–H groups in total. The highest BCUT2D eigenvalue weighted by Crippen LogP contribution is 2.53. The number of hydrogen-bond acceptors (Lipinski definition) is 1. The summed E-state index contributed by atoms with van der Waals surface area (Å²) in [4.78, 5) is 2.44. The van der Waals surface area contributed by atoms with Crippen molar-refractivity contribution in [3.8, 4) is 44.5 Å². The summed E-state index contributed by atoms with van der Waals surface area (Å²) in [6.45, 7) is 4.75. The molecule has 0 radical (unpaired) electrons. The quantitative estimate of drug-likeness (QED) is 0.168. The highest BCUT2D eigenvalue weighted by atomic mass is 15.1. The topological polar surface area (TPSA) is 3.24 Å². The van der Waals surface area contributed by atoms with Gasteiger partial charge in [-0.05, 0) is 126 Å². The smallest absolute Gasteiger partial charge is 0.0468 e. The number of fused-ring (bicyclic) bond motifs is 5. The molecule has 9 aromatic rings. The Hall–Kier alpha value is -6.70. The van der Waals surface area contributed by atoms with E-state index >= 15 is 0 Å². The molecule has 0 spiro atoms. The summed E-state index contributed by atoms with van der Waals surface area (Å²) in [6.07, 6.45) is 0. The van der Waals surface area contributed by atoms with Crippen LogP contribution < -0.4 is 4.90 Å². The van der Waals surface area contributed by atoms with Gasteiger partial charge in [-0.3, -0.25) is 0 Å². The van der Waals surface area contributed by atoms with Gasteiger partial charge in [0.15, 0.2) is 0 Å². The minimum absolute atomic E-state index is 0.165. The second-order valence-electron chi connectivity index (χ2n) is 15.0. The van der Waals surface area contributed by atoms with Crippen LogP contribution in [-0.4, -0.2) is 0 Å². The third kappa shape index (κ3) is 5.32. The predicted molar refractivity (Wildman–Crippen MR) is 230 cm³/mol.